The molecular formula is C7H18N2O4S. The van der Waals surface area contributed by atoms with Crippen molar-refractivity contribution >= 4 is 10.0 Å². The highest BCUT2D eigenvalue weighted by molar-refractivity contribution is 7.89. The third-order valence-electron chi connectivity index (χ3n) is 1.60. The molecule has 0 aliphatic carbocycles. The molecule has 0 aliphatic heterocycles. The number of sulfonamides is 1. The second-order valence-corrected chi connectivity index (χ2v) is 4.70. The molecule has 0 rings (SSSR count). The van der Waals surface area contributed by atoms with E-state index in [4.69, 9.17) is 15.2 Å². The monoisotopic (exact) mass is 226 g/mol. The maximum Gasteiger partial charge on any atom is 0.212 e. The van der Waals surface area contributed by atoms with Crippen LogP contribution in [0.4, 0.5) is 0 Å². The smallest absolute Gasteiger partial charge is 0.212 e. The Bertz CT molecular complexity index is 230. The number of hydrogen-bond acceptors (Lipinski definition) is 5. The molecule has 0 saturated carbocycles. The standard InChI is InChI=1S/C7H18N2O4S/c1-12-6-7(13-2)5-9-14(10,11)4-3-8/h7,9H,3-6,8H2,1-2H3. The summed E-state index contributed by atoms with van der Waals surface area (Å²) in [6, 6.07) is 0. The van der Waals surface area contributed by atoms with E-state index in [2.05, 4.69) is 4.72 Å². The van der Waals surface area contributed by atoms with Crippen LogP contribution in [0, 0.1) is 0 Å². The van der Waals surface area contributed by atoms with E-state index in [1.165, 1.54) is 14.2 Å². The normalized spacial score (nSPS) is 14.2. The molecule has 1 unspecified atom stereocenters. The molecule has 14 heavy (non-hydrogen) atoms. The van der Waals surface area contributed by atoms with Gasteiger partial charge in [-0.3, -0.25) is 0 Å². The molecule has 3 N–H and O–H groups in total. The summed E-state index contributed by atoms with van der Waals surface area (Å²) in [5, 5.41) is 0. The maximum absolute atomic E-state index is 11.2. The van der Waals surface area contributed by atoms with E-state index in [-0.39, 0.29) is 24.9 Å². The molecule has 0 bridgehead atoms. The summed E-state index contributed by atoms with van der Waals surface area (Å²) >= 11 is 0. The minimum absolute atomic E-state index is 0.0730. The molecule has 6 nitrogen and oxygen atoms in total. The van der Waals surface area contributed by atoms with Gasteiger partial charge in [-0.1, -0.05) is 0 Å². The number of methoxy groups -OCH3 is 2. The minimum Gasteiger partial charge on any atom is -0.382 e. The van der Waals surface area contributed by atoms with Crippen LogP contribution in [0.25, 0.3) is 0 Å². The predicted octanol–water partition coefficient (Wildman–Crippen LogP) is -1.47. The van der Waals surface area contributed by atoms with Crippen LogP contribution in [0.3, 0.4) is 0 Å². The first kappa shape index (κ1) is 13.8. The molecule has 0 amide bonds. The van der Waals surface area contributed by atoms with Crippen molar-refractivity contribution in [2.45, 2.75) is 6.10 Å². The summed E-state index contributed by atoms with van der Waals surface area (Å²) in [5.74, 6) is -0.0730. The number of nitrogens with two attached hydrogens (primary N) is 1. The largest absolute Gasteiger partial charge is 0.382 e. The third kappa shape index (κ3) is 6.28. The lowest BCUT2D eigenvalue weighted by Gasteiger charge is -2.14. The highest BCUT2D eigenvalue weighted by Gasteiger charge is 2.12. The zero-order valence-electron chi connectivity index (χ0n) is 8.52. The van der Waals surface area contributed by atoms with Crippen molar-refractivity contribution in [1.82, 2.24) is 4.72 Å². The van der Waals surface area contributed by atoms with Gasteiger partial charge < -0.3 is 15.2 Å². The van der Waals surface area contributed by atoms with E-state index in [9.17, 15) is 8.42 Å². The minimum atomic E-state index is -3.27. The summed E-state index contributed by atoms with van der Waals surface area (Å²) in [7, 11) is -0.237. The average molecular weight is 226 g/mol. The van der Waals surface area contributed by atoms with Gasteiger partial charge in [0.25, 0.3) is 0 Å². The Morgan fingerprint density at radius 2 is 2.07 bits per heavy atom. The fraction of sp³-hybridized carbons (Fsp3) is 1.00. The summed E-state index contributed by atoms with van der Waals surface area (Å²) in [4.78, 5) is 0. The van der Waals surface area contributed by atoms with E-state index >= 15 is 0 Å². The Morgan fingerprint density at radius 3 is 2.50 bits per heavy atom. The first-order valence-electron chi connectivity index (χ1n) is 4.25. The van der Waals surface area contributed by atoms with Crippen molar-refractivity contribution in [3.05, 3.63) is 0 Å². The van der Waals surface area contributed by atoms with Gasteiger partial charge in [-0.2, -0.15) is 0 Å². The molecule has 1 atom stereocenters. The van der Waals surface area contributed by atoms with Crippen LogP contribution < -0.4 is 10.5 Å². The van der Waals surface area contributed by atoms with Gasteiger partial charge in [0, 0.05) is 27.3 Å². The number of hydrogen-bond donors (Lipinski definition) is 2. The first-order chi connectivity index (χ1) is 6.55. The van der Waals surface area contributed by atoms with Crippen LogP contribution in [-0.4, -0.2) is 54.2 Å². The van der Waals surface area contributed by atoms with Crippen LogP contribution in [0.15, 0.2) is 0 Å². The number of nitrogens with one attached hydrogen (secondary N) is 1. The van der Waals surface area contributed by atoms with Crippen molar-refractivity contribution in [2.75, 3.05) is 39.7 Å². The van der Waals surface area contributed by atoms with Crippen LogP contribution in [0.1, 0.15) is 0 Å². The third-order valence-corrected chi connectivity index (χ3v) is 2.98. The summed E-state index contributed by atoms with van der Waals surface area (Å²) in [6.45, 7) is 0.658. The van der Waals surface area contributed by atoms with Gasteiger partial charge in [0.15, 0.2) is 0 Å². The zero-order chi connectivity index (χ0) is 11.0. The first-order valence-corrected chi connectivity index (χ1v) is 5.90. The van der Waals surface area contributed by atoms with Crippen LogP contribution in [-0.2, 0) is 19.5 Å². The van der Waals surface area contributed by atoms with Gasteiger partial charge in [-0.25, -0.2) is 13.1 Å². The molecule has 0 radical (unpaired) electrons. The number of ether oxygens (including phenoxy) is 2. The van der Waals surface area contributed by atoms with E-state index in [1.54, 1.807) is 0 Å². The Balaban J connectivity index is 3.89. The molecule has 0 saturated heterocycles. The molecule has 0 heterocycles. The van der Waals surface area contributed by atoms with E-state index in [0.29, 0.717) is 6.61 Å². The fourth-order valence-electron chi connectivity index (χ4n) is 0.843. The van der Waals surface area contributed by atoms with Gasteiger partial charge in [0.2, 0.25) is 10.0 Å². The van der Waals surface area contributed by atoms with Crippen molar-refractivity contribution in [2.24, 2.45) is 5.73 Å². The second-order valence-electron chi connectivity index (χ2n) is 2.77. The lowest BCUT2D eigenvalue weighted by atomic mass is 10.4. The Labute approximate surface area is 84.8 Å². The molecule has 0 spiro atoms. The van der Waals surface area contributed by atoms with Gasteiger partial charge in [0.05, 0.1) is 18.5 Å². The lowest BCUT2D eigenvalue weighted by molar-refractivity contribution is 0.0320. The summed E-state index contributed by atoms with van der Waals surface area (Å²) in [5.41, 5.74) is 5.14. The van der Waals surface area contributed by atoms with Gasteiger partial charge >= 0.3 is 0 Å². The lowest BCUT2D eigenvalue weighted by Crippen LogP contribution is -2.38. The van der Waals surface area contributed by atoms with Crippen molar-refractivity contribution in [3.63, 3.8) is 0 Å². The molecule has 0 aromatic heterocycles. The highest BCUT2D eigenvalue weighted by Crippen LogP contribution is 1.91. The highest BCUT2D eigenvalue weighted by atomic mass is 32.2. The van der Waals surface area contributed by atoms with Gasteiger partial charge in [-0.15, -0.1) is 0 Å². The average Bonchev–Trinajstić information content (AvgIpc) is 2.12. The van der Waals surface area contributed by atoms with Crippen molar-refractivity contribution in [3.8, 4) is 0 Å². The zero-order valence-corrected chi connectivity index (χ0v) is 9.34. The Morgan fingerprint density at radius 1 is 1.43 bits per heavy atom. The van der Waals surface area contributed by atoms with Gasteiger partial charge in [-0.05, 0) is 0 Å². The molecule has 0 aliphatic rings. The van der Waals surface area contributed by atoms with Crippen LogP contribution in [0.5, 0.6) is 0 Å². The molecular weight excluding hydrogens is 208 g/mol. The van der Waals surface area contributed by atoms with E-state index in [1.807, 2.05) is 0 Å². The van der Waals surface area contributed by atoms with E-state index in [0.717, 1.165) is 0 Å². The van der Waals surface area contributed by atoms with Crippen LogP contribution in [0.2, 0.25) is 0 Å². The van der Waals surface area contributed by atoms with Crippen molar-refractivity contribution in [1.29, 1.82) is 0 Å². The molecule has 86 valence electrons. The van der Waals surface area contributed by atoms with Crippen LogP contribution >= 0.6 is 0 Å². The quantitative estimate of drug-likeness (QED) is 0.527. The number of rotatable bonds is 8. The molecule has 0 aromatic carbocycles. The second kappa shape index (κ2) is 7.13. The Kier molecular flexibility index (Phi) is 7.02. The maximum atomic E-state index is 11.2. The molecule has 0 aromatic rings. The predicted molar refractivity (Wildman–Crippen MR) is 53.5 cm³/mol. The summed E-state index contributed by atoms with van der Waals surface area (Å²) in [6.07, 6.45) is -0.271. The molecule has 7 heteroatoms. The summed E-state index contributed by atoms with van der Waals surface area (Å²) < 4.78 is 34.5. The topological polar surface area (TPSA) is 90.7 Å². The van der Waals surface area contributed by atoms with Crippen molar-refractivity contribution < 1.29 is 17.9 Å². The molecule has 0 fully saturated rings. The SMILES string of the molecule is COCC(CNS(=O)(=O)CCN)OC. The van der Waals surface area contributed by atoms with Gasteiger partial charge in [0.1, 0.15) is 0 Å². The Hall–Kier alpha value is -0.210. The fourth-order valence-corrected chi connectivity index (χ4v) is 1.74. The van der Waals surface area contributed by atoms with E-state index < -0.39 is 10.0 Å².